The SMILES string of the molecule is CC1(C)CN(Cc2ccc(-c3ccon3)cc2)CC[C@]1(O)c1ccc2c(n1)CN(C1CCC(=O)NC1=O)C2=O. The minimum absolute atomic E-state index is 0.182. The van der Waals surface area contributed by atoms with Crippen molar-refractivity contribution in [2.45, 2.75) is 57.8 Å². The van der Waals surface area contributed by atoms with E-state index in [0.717, 1.165) is 17.8 Å². The predicted octanol–water partition coefficient (Wildman–Crippen LogP) is 2.62. The summed E-state index contributed by atoms with van der Waals surface area (Å²) in [6.45, 7) is 6.37. The topological polar surface area (TPSA) is 129 Å². The van der Waals surface area contributed by atoms with Gasteiger partial charge in [0.15, 0.2) is 0 Å². The van der Waals surface area contributed by atoms with Crippen LogP contribution in [0.2, 0.25) is 0 Å². The lowest BCUT2D eigenvalue weighted by Gasteiger charge is -2.50. The van der Waals surface area contributed by atoms with E-state index in [0.29, 0.717) is 42.9 Å². The fourth-order valence-corrected chi connectivity index (χ4v) is 6.10. The van der Waals surface area contributed by atoms with Crippen molar-refractivity contribution in [1.29, 1.82) is 0 Å². The van der Waals surface area contributed by atoms with Gasteiger partial charge in [-0.2, -0.15) is 0 Å². The van der Waals surface area contributed by atoms with Crippen molar-refractivity contribution in [3.63, 3.8) is 0 Å². The van der Waals surface area contributed by atoms with Gasteiger partial charge in [-0.05, 0) is 30.5 Å². The van der Waals surface area contributed by atoms with Crippen LogP contribution >= 0.6 is 0 Å². The molecule has 1 unspecified atom stereocenters. The van der Waals surface area contributed by atoms with Gasteiger partial charge in [0.05, 0.1) is 23.5 Å². The van der Waals surface area contributed by atoms with Gasteiger partial charge in [-0.3, -0.25) is 29.6 Å². The molecule has 0 spiro atoms. The van der Waals surface area contributed by atoms with Gasteiger partial charge < -0.3 is 14.5 Å². The van der Waals surface area contributed by atoms with E-state index in [4.69, 9.17) is 9.51 Å². The Morgan fingerprint density at radius 3 is 2.59 bits per heavy atom. The van der Waals surface area contributed by atoms with Gasteiger partial charge in [-0.15, -0.1) is 0 Å². The van der Waals surface area contributed by atoms with Crippen LogP contribution in [0.5, 0.6) is 0 Å². The molecule has 39 heavy (non-hydrogen) atoms. The largest absolute Gasteiger partial charge is 0.383 e. The van der Waals surface area contributed by atoms with Crippen molar-refractivity contribution in [1.82, 2.24) is 25.3 Å². The number of pyridine rings is 1. The standard InChI is InChI=1S/C29H31N5O5/c1-28(2)17-33(15-18-3-5-19(6-4-18)21-11-14-39-32-21)13-12-29(28,38)24-9-7-20-22(30-24)16-34(27(20)37)23-8-10-25(35)31-26(23)36/h3-7,9,11,14,23,38H,8,10,12-13,15-17H2,1-2H3,(H,31,35,36)/t23?,29-/m0/s1. The van der Waals surface area contributed by atoms with Crippen LogP contribution in [-0.2, 0) is 28.3 Å². The molecule has 0 aliphatic carbocycles. The monoisotopic (exact) mass is 529 g/mol. The van der Waals surface area contributed by atoms with E-state index in [-0.39, 0.29) is 24.8 Å². The number of nitrogens with one attached hydrogen (secondary N) is 1. The summed E-state index contributed by atoms with van der Waals surface area (Å²) < 4.78 is 4.94. The van der Waals surface area contributed by atoms with Crippen LogP contribution in [0.4, 0.5) is 0 Å². The third kappa shape index (κ3) is 4.43. The van der Waals surface area contributed by atoms with Crippen LogP contribution in [0.3, 0.4) is 0 Å². The average molecular weight is 530 g/mol. The number of imide groups is 1. The van der Waals surface area contributed by atoms with E-state index < -0.39 is 23.0 Å². The number of aliphatic hydroxyl groups is 1. The first kappa shape index (κ1) is 25.4. The summed E-state index contributed by atoms with van der Waals surface area (Å²) in [5, 5.41) is 18.3. The van der Waals surface area contributed by atoms with Crippen LogP contribution in [0.25, 0.3) is 11.3 Å². The summed E-state index contributed by atoms with van der Waals surface area (Å²) in [5.74, 6) is -1.04. The van der Waals surface area contributed by atoms with Crippen LogP contribution in [0.15, 0.2) is 53.3 Å². The molecular weight excluding hydrogens is 498 g/mol. The van der Waals surface area contributed by atoms with Gasteiger partial charge in [-0.25, -0.2) is 0 Å². The van der Waals surface area contributed by atoms with Crippen molar-refractivity contribution >= 4 is 17.7 Å². The van der Waals surface area contributed by atoms with Gasteiger partial charge in [-0.1, -0.05) is 43.3 Å². The second-order valence-corrected chi connectivity index (χ2v) is 11.4. The highest BCUT2D eigenvalue weighted by atomic mass is 16.5. The minimum atomic E-state index is -1.18. The molecule has 0 radical (unpaired) electrons. The Kier molecular flexibility index (Phi) is 6.11. The lowest BCUT2D eigenvalue weighted by Crippen LogP contribution is -2.55. The summed E-state index contributed by atoms with van der Waals surface area (Å²) >= 11 is 0. The molecule has 10 nitrogen and oxygen atoms in total. The number of rotatable bonds is 5. The van der Waals surface area contributed by atoms with Gasteiger partial charge in [0.1, 0.15) is 23.6 Å². The molecule has 2 fully saturated rings. The van der Waals surface area contributed by atoms with Crippen molar-refractivity contribution in [2.24, 2.45) is 5.41 Å². The first-order chi connectivity index (χ1) is 18.6. The highest BCUT2D eigenvalue weighted by Gasteiger charge is 2.50. The maximum absolute atomic E-state index is 13.1. The number of benzene rings is 1. The number of likely N-dealkylation sites (tertiary alicyclic amines) is 1. The number of nitrogens with zero attached hydrogens (tertiary/aromatic N) is 4. The van der Waals surface area contributed by atoms with Gasteiger partial charge >= 0.3 is 0 Å². The van der Waals surface area contributed by atoms with E-state index in [1.54, 1.807) is 18.4 Å². The van der Waals surface area contributed by atoms with Crippen molar-refractivity contribution in [2.75, 3.05) is 13.1 Å². The highest BCUT2D eigenvalue weighted by molar-refractivity contribution is 6.05. The molecule has 2 aromatic heterocycles. The molecule has 2 N–H and O–H groups in total. The number of carbonyl (C=O) groups excluding carboxylic acids is 3. The van der Waals surface area contributed by atoms with Crippen LogP contribution in [-0.4, -0.2) is 61.9 Å². The molecule has 2 saturated heterocycles. The van der Waals surface area contributed by atoms with E-state index in [2.05, 4.69) is 27.5 Å². The molecule has 1 aromatic carbocycles. The van der Waals surface area contributed by atoms with Crippen LogP contribution in [0.1, 0.15) is 60.4 Å². The molecule has 202 valence electrons. The molecule has 6 rings (SSSR count). The maximum Gasteiger partial charge on any atom is 0.256 e. The number of aromatic nitrogens is 2. The molecule has 3 amide bonds. The van der Waals surface area contributed by atoms with E-state index in [9.17, 15) is 19.5 Å². The molecule has 3 aliphatic rings. The van der Waals surface area contributed by atoms with Crippen LogP contribution < -0.4 is 5.32 Å². The van der Waals surface area contributed by atoms with Gasteiger partial charge in [0.2, 0.25) is 11.8 Å². The predicted molar refractivity (Wildman–Crippen MR) is 140 cm³/mol. The fraction of sp³-hybridized carbons (Fsp3) is 0.414. The lowest BCUT2D eigenvalue weighted by atomic mass is 9.68. The Morgan fingerprint density at radius 1 is 1.10 bits per heavy atom. The highest BCUT2D eigenvalue weighted by Crippen LogP contribution is 2.46. The first-order valence-corrected chi connectivity index (χ1v) is 13.2. The Balaban J connectivity index is 1.16. The summed E-state index contributed by atoms with van der Waals surface area (Å²) in [7, 11) is 0. The summed E-state index contributed by atoms with van der Waals surface area (Å²) in [4.78, 5) is 45.6. The zero-order valence-corrected chi connectivity index (χ0v) is 22.0. The second-order valence-electron chi connectivity index (χ2n) is 11.4. The summed E-state index contributed by atoms with van der Waals surface area (Å²) in [6.07, 6.45) is 2.55. The Bertz CT molecular complexity index is 1430. The number of piperidine rings is 2. The molecule has 10 heteroatoms. The lowest BCUT2D eigenvalue weighted by molar-refractivity contribution is -0.137. The minimum Gasteiger partial charge on any atom is -0.383 e. The first-order valence-electron chi connectivity index (χ1n) is 13.2. The molecule has 3 aliphatic heterocycles. The van der Waals surface area contributed by atoms with Crippen LogP contribution in [0, 0.1) is 5.41 Å². The Morgan fingerprint density at radius 2 is 1.90 bits per heavy atom. The molecule has 3 aromatic rings. The van der Waals surface area contributed by atoms with Crippen molar-refractivity contribution < 1.29 is 24.0 Å². The number of hydrogen-bond donors (Lipinski definition) is 2. The summed E-state index contributed by atoms with van der Waals surface area (Å²) in [5.41, 5.74) is 2.82. The van der Waals surface area contributed by atoms with Gasteiger partial charge in [0.25, 0.3) is 5.91 Å². The molecule has 2 atom stereocenters. The number of fused-ring (bicyclic) bond motifs is 1. The fourth-order valence-electron chi connectivity index (χ4n) is 6.10. The Hall–Kier alpha value is -3.89. The maximum atomic E-state index is 13.1. The van der Waals surface area contributed by atoms with Crippen molar-refractivity contribution in [3.05, 3.63) is 71.2 Å². The molecular formula is C29H31N5O5. The zero-order chi connectivity index (χ0) is 27.4. The number of hydrogen-bond acceptors (Lipinski definition) is 8. The van der Waals surface area contributed by atoms with E-state index >= 15 is 0 Å². The molecule has 0 saturated carbocycles. The molecule has 5 heterocycles. The third-order valence-electron chi connectivity index (χ3n) is 8.42. The Labute approximate surface area is 226 Å². The smallest absolute Gasteiger partial charge is 0.256 e. The third-order valence-corrected chi connectivity index (χ3v) is 8.42. The average Bonchev–Trinajstić information content (AvgIpc) is 3.55. The van der Waals surface area contributed by atoms with Gasteiger partial charge in [0, 0.05) is 43.1 Å². The quantitative estimate of drug-likeness (QED) is 0.483. The van der Waals surface area contributed by atoms with E-state index in [1.165, 1.54) is 10.5 Å². The number of carbonyl (C=O) groups is 3. The second kappa shape index (κ2) is 9.39. The molecule has 0 bridgehead atoms. The van der Waals surface area contributed by atoms with E-state index in [1.807, 2.05) is 32.0 Å². The normalized spacial score (nSPS) is 25.1. The van der Waals surface area contributed by atoms with Crippen molar-refractivity contribution in [3.8, 4) is 11.3 Å². The number of amides is 3. The zero-order valence-electron chi connectivity index (χ0n) is 22.0. The summed E-state index contributed by atoms with van der Waals surface area (Å²) in [6, 6.07) is 12.8.